The molecule has 0 radical (unpaired) electrons. The Labute approximate surface area is 174 Å². The van der Waals surface area contributed by atoms with Crippen LogP contribution in [0.25, 0.3) is 11.3 Å². The lowest BCUT2D eigenvalue weighted by molar-refractivity contribution is -0.139. The van der Waals surface area contributed by atoms with Gasteiger partial charge < -0.3 is 10.4 Å². The molecule has 9 nitrogen and oxygen atoms in total. The van der Waals surface area contributed by atoms with Crippen molar-refractivity contribution in [1.29, 1.82) is 0 Å². The SMILES string of the molecule is CC(NC[C@@H](Cc1ccccc1)n1cc(-c2ccc(S(N)(=O)=O)cc2)nn1)C(=O)O. The fourth-order valence-electron chi connectivity index (χ4n) is 2.95. The van der Waals surface area contributed by atoms with E-state index >= 15 is 0 Å². The van der Waals surface area contributed by atoms with E-state index in [-0.39, 0.29) is 10.9 Å². The molecular weight excluding hydrogens is 406 g/mol. The fraction of sp³-hybridized carbons (Fsp3) is 0.250. The molecule has 0 aliphatic rings. The number of carbonyl (C=O) groups is 1. The molecule has 0 aliphatic carbocycles. The maximum absolute atomic E-state index is 11.4. The smallest absolute Gasteiger partial charge is 0.320 e. The third kappa shape index (κ3) is 5.50. The van der Waals surface area contributed by atoms with Crippen LogP contribution in [0.4, 0.5) is 0 Å². The van der Waals surface area contributed by atoms with Crippen molar-refractivity contribution in [3.8, 4) is 11.3 Å². The number of aromatic nitrogens is 3. The molecule has 10 heteroatoms. The third-order valence-electron chi connectivity index (χ3n) is 4.71. The Morgan fingerprint density at radius 2 is 1.83 bits per heavy atom. The minimum Gasteiger partial charge on any atom is -0.480 e. The van der Waals surface area contributed by atoms with Gasteiger partial charge in [-0.2, -0.15) is 0 Å². The summed E-state index contributed by atoms with van der Waals surface area (Å²) in [5, 5.41) is 25.7. The lowest BCUT2D eigenvalue weighted by atomic mass is 10.1. The van der Waals surface area contributed by atoms with E-state index in [1.807, 2.05) is 30.3 Å². The van der Waals surface area contributed by atoms with Gasteiger partial charge in [-0.15, -0.1) is 5.10 Å². The minimum absolute atomic E-state index is 0.0208. The topological polar surface area (TPSA) is 140 Å². The number of hydrogen-bond donors (Lipinski definition) is 3. The van der Waals surface area contributed by atoms with Crippen molar-refractivity contribution in [2.24, 2.45) is 5.14 Å². The van der Waals surface area contributed by atoms with Crippen molar-refractivity contribution in [2.45, 2.75) is 30.3 Å². The third-order valence-corrected chi connectivity index (χ3v) is 5.64. The number of primary sulfonamides is 1. The lowest BCUT2D eigenvalue weighted by Gasteiger charge is -2.19. The molecule has 0 saturated carbocycles. The maximum atomic E-state index is 11.4. The molecule has 0 fully saturated rings. The van der Waals surface area contributed by atoms with E-state index in [4.69, 9.17) is 10.2 Å². The van der Waals surface area contributed by atoms with Gasteiger partial charge in [-0.25, -0.2) is 18.2 Å². The van der Waals surface area contributed by atoms with Crippen LogP contribution in [-0.4, -0.2) is 47.1 Å². The van der Waals surface area contributed by atoms with Gasteiger partial charge in [0.1, 0.15) is 11.7 Å². The number of carboxylic acids is 1. The molecular formula is C20H23N5O4S. The van der Waals surface area contributed by atoms with Gasteiger partial charge in [0.2, 0.25) is 10.0 Å². The summed E-state index contributed by atoms with van der Waals surface area (Å²) in [6.07, 6.45) is 2.39. The van der Waals surface area contributed by atoms with E-state index in [9.17, 15) is 13.2 Å². The summed E-state index contributed by atoms with van der Waals surface area (Å²) in [5.41, 5.74) is 2.35. The van der Waals surface area contributed by atoms with Gasteiger partial charge in [-0.1, -0.05) is 47.7 Å². The Morgan fingerprint density at radius 1 is 1.17 bits per heavy atom. The van der Waals surface area contributed by atoms with E-state index < -0.39 is 22.0 Å². The highest BCUT2D eigenvalue weighted by atomic mass is 32.2. The molecule has 158 valence electrons. The summed E-state index contributed by atoms with van der Waals surface area (Å²) in [4.78, 5) is 11.2. The van der Waals surface area contributed by atoms with Crippen LogP contribution in [0.1, 0.15) is 18.5 Å². The normalized spacial score (nSPS) is 13.7. The van der Waals surface area contributed by atoms with Gasteiger partial charge in [0, 0.05) is 12.1 Å². The van der Waals surface area contributed by atoms with Gasteiger partial charge in [-0.05, 0) is 31.0 Å². The van der Waals surface area contributed by atoms with Crippen molar-refractivity contribution in [2.75, 3.05) is 6.54 Å². The standard InChI is InChI=1S/C20H23N5O4S/c1-14(20(26)27)22-12-17(11-15-5-3-2-4-6-15)25-13-19(23-24-25)16-7-9-18(10-8-16)30(21,28)29/h2-10,13-14,17,22H,11-12H2,1H3,(H,26,27)(H2,21,28,29)/t14?,17-/m1/s1. The molecule has 0 saturated heterocycles. The molecule has 3 rings (SSSR count). The molecule has 0 aliphatic heterocycles. The summed E-state index contributed by atoms with van der Waals surface area (Å²) in [5.74, 6) is -0.928. The van der Waals surface area contributed by atoms with Crippen LogP contribution in [0.15, 0.2) is 65.7 Å². The van der Waals surface area contributed by atoms with Gasteiger partial charge >= 0.3 is 5.97 Å². The predicted octanol–water partition coefficient (Wildman–Crippen LogP) is 1.44. The van der Waals surface area contributed by atoms with E-state index in [1.165, 1.54) is 12.1 Å². The number of nitrogens with two attached hydrogens (primary N) is 1. The summed E-state index contributed by atoms with van der Waals surface area (Å²) < 4.78 is 24.5. The second-order valence-electron chi connectivity index (χ2n) is 6.96. The molecule has 0 spiro atoms. The Balaban J connectivity index is 1.83. The number of nitrogens with one attached hydrogen (secondary N) is 1. The number of hydrogen-bond acceptors (Lipinski definition) is 6. The molecule has 1 aromatic heterocycles. The molecule has 0 amide bonds. The van der Waals surface area contributed by atoms with Crippen LogP contribution in [-0.2, 0) is 21.2 Å². The highest BCUT2D eigenvalue weighted by Gasteiger charge is 2.18. The largest absolute Gasteiger partial charge is 0.480 e. The quantitative estimate of drug-likeness (QED) is 0.467. The molecule has 2 aromatic carbocycles. The number of carboxylic acid groups (broad SMARTS) is 1. The fourth-order valence-corrected chi connectivity index (χ4v) is 3.46. The summed E-state index contributed by atoms with van der Waals surface area (Å²) in [6.45, 7) is 1.97. The molecule has 1 heterocycles. The first-order chi connectivity index (χ1) is 14.2. The number of nitrogens with zero attached hydrogens (tertiary/aromatic N) is 3. The van der Waals surface area contributed by atoms with Gasteiger partial charge in [0.05, 0.1) is 17.1 Å². The molecule has 0 bridgehead atoms. The number of aliphatic carboxylic acids is 1. The van der Waals surface area contributed by atoms with Crippen molar-refractivity contribution < 1.29 is 18.3 Å². The van der Waals surface area contributed by atoms with Gasteiger partial charge in [-0.3, -0.25) is 4.79 Å². The van der Waals surface area contributed by atoms with Crippen LogP contribution in [0.2, 0.25) is 0 Å². The molecule has 1 unspecified atom stereocenters. The van der Waals surface area contributed by atoms with E-state index in [1.54, 1.807) is 29.9 Å². The highest BCUT2D eigenvalue weighted by Crippen LogP contribution is 2.21. The molecule has 4 N–H and O–H groups in total. The maximum Gasteiger partial charge on any atom is 0.320 e. The van der Waals surface area contributed by atoms with Crippen molar-refractivity contribution in [3.05, 3.63) is 66.4 Å². The zero-order chi connectivity index (χ0) is 21.7. The summed E-state index contributed by atoms with van der Waals surface area (Å²) in [6, 6.07) is 15.0. The number of rotatable bonds is 9. The first-order valence-electron chi connectivity index (χ1n) is 9.29. The average molecular weight is 430 g/mol. The van der Waals surface area contributed by atoms with Crippen molar-refractivity contribution in [1.82, 2.24) is 20.3 Å². The monoisotopic (exact) mass is 429 g/mol. The first-order valence-corrected chi connectivity index (χ1v) is 10.8. The van der Waals surface area contributed by atoms with Gasteiger partial charge in [0.25, 0.3) is 0 Å². The van der Waals surface area contributed by atoms with Crippen LogP contribution < -0.4 is 10.5 Å². The Kier molecular flexibility index (Phi) is 6.60. The van der Waals surface area contributed by atoms with E-state index in [2.05, 4.69) is 15.6 Å². The number of benzene rings is 2. The Hall–Kier alpha value is -3.08. The van der Waals surface area contributed by atoms with Crippen molar-refractivity contribution in [3.63, 3.8) is 0 Å². The molecule has 3 aromatic rings. The Bertz CT molecular complexity index is 1100. The van der Waals surface area contributed by atoms with Crippen LogP contribution in [0.3, 0.4) is 0 Å². The second-order valence-corrected chi connectivity index (χ2v) is 8.53. The summed E-state index contributed by atoms with van der Waals surface area (Å²) in [7, 11) is -3.76. The highest BCUT2D eigenvalue weighted by molar-refractivity contribution is 7.89. The van der Waals surface area contributed by atoms with Crippen LogP contribution >= 0.6 is 0 Å². The number of sulfonamides is 1. The molecule has 2 atom stereocenters. The average Bonchev–Trinajstić information content (AvgIpc) is 3.21. The second kappa shape index (κ2) is 9.16. The predicted molar refractivity (Wildman–Crippen MR) is 111 cm³/mol. The molecule has 30 heavy (non-hydrogen) atoms. The van der Waals surface area contributed by atoms with Crippen molar-refractivity contribution >= 4 is 16.0 Å². The summed E-state index contributed by atoms with van der Waals surface area (Å²) >= 11 is 0. The lowest BCUT2D eigenvalue weighted by Crippen LogP contribution is -2.38. The first kappa shape index (κ1) is 21.6. The van der Waals surface area contributed by atoms with Gasteiger partial charge in [0.15, 0.2) is 0 Å². The van der Waals surface area contributed by atoms with Crippen LogP contribution in [0, 0.1) is 0 Å². The zero-order valence-electron chi connectivity index (χ0n) is 16.3. The Morgan fingerprint density at radius 3 is 2.43 bits per heavy atom. The zero-order valence-corrected chi connectivity index (χ0v) is 17.2. The van der Waals surface area contributed by atoms with E-state index in [0.717, 1.165) is 5.56 Å². The minimum atomic E-state index is -3.76. The van der Waals surface area contributed by atoms with E-state index in [0.29, 0.717) is 24.2 Å². The van der Waals surface area contributed by atoms with Crippen LogP contribution in [0.5, 0.6) is 0 Å².